The lowest BCUT2D eigenvalue weighted by molar-refractivity contribution is 0.00577. The zero-order valence-corrected chi connectivity index (χ0v) is 8.35. The van der Waals surface area contributed by atoms with Crippen molar-refractivity contribution in [3.8, 4) is 0 Å². The Kier molecular flexibility index (Phi) is 2.80. The van der Waals surface area contributed by atoms with Gasteiger partial charge in [0, 0.05) is 19.0 Å². The minimum Gasteiger partial charge on any atom is -0.376 e. The van der Waals surface area contributed by atoms with Gasteiger partial charge in [-0.2, -0.15) is 0 Å². The smallest absolute Gasteiger partial charge is 0.177 e. The van der Waals surface area contributed by atoms with Gasteiger partial charge < -0.3 is 14.3 Å². The molecule has 1 aliphatic heterocycles. The summed E-state index contributed by atoms with van der Waals surface area (Å²) in [6, 6.07) is 0. The van der Waals surface area contributed by atoms with Gasteiger partial charge in [0.25, 0.3) is 0 Å². The second-order valence-corrected chi connectivity index (χ2v) is 3.79. The molecule has 0 amide bonds. The lowest BCUT2D eigenvalue weighted by Gasteiger charge is -2.22. The number of aromatic amines is 1. The van der Waals surface area contributed by atoms with Crippen LogP contribution in [0.3, 0.4) is 0 Å². The van der Waals surface area contributed by atoms with Gasteiger partial charge in [0.2, 0.25) is 0 Å². The Balaban J connectivity index is 1.97. The molecule has 1 unspecified atom stereocenters. The van der Waals surface area contributed by atoms with Crippen molar-refractivity contribution in [1.82, 2.24) is 9.55 Å². The Bertz CT molecular complexity index is 311. The average Bonchev–Trinajstić information content (AvgIpc) is 2.54. The quantitative estimate of drug-likeness (QED) is 0.738. The number of rotatable bonds is 2. The molecule has 1 aromatic heterocycles. The zero-order chi connectivity index (χ0) is 9.10. The van der Waals surface area contributed by atoms with Crippen LogP contribution in [0.15, 0.2) is 12.4 Å². The van der Waals surface area contributed by atoms with E-state index >= 15 is 0 Å². The van der Waals surface area contributed by atoms with Gasteiger partial charge in [-0.05, 0) is 31.5 Å². The molecule has 0 saturated carbocycles. The number of hydrogen-bond acceptors (Lipinski definition) is 2. The van der Waals surface area contributed by atoms with Gasteiger partial charge in [0.05, 0.1) is 12.6 Å². The fourth-order valence-electron chi connectivity index (χ4n) is 1.66. The van der Waals surface area contributed by atoms with E-state index in [4.69, 9.17) is 17.0 Å². The molecule has 4 heteroatoms. The van der Waals surface area contributed by atoms with E-state index in [-0.39, 0.29) is 0 Å². The molecule has 1 saturated heterocycles. The highest BCUT2D eigenvalue weighted by molar-refractivity contribution is 7.71. The maximum atomic E-state index is 5.63. The SMILES string of the molecule is S=c1[nH]ccn1CC1CCCCO1. The summed E-state index contributed by atoms with van der Waals surface area (Å²) in [5, 5.41) is 0. The first kappa shape index (κ1) is 8.97. The fourth-order valence-corrected chi connectivity index (χ4v) is 1.87. The summed E-state index contributed by atoms with van der Waals surface area (Å²) in [7, 11) is 0. The largest absolute Gasteiger partial charge is 0.376 e. The van der Waals surface area contributed by atoms with Crippen LogP contribution in [0, 0.1) is 4.77 Å². The van der Waals surface area contributed by atoms with E-state index in [0.717, 1.165) is 24.3 Å². The maximum Gasteiger partial charge on any atom is 0.177 e. The zero-order valence-electron chi connectivity index (χ0n) is 7.53. The van der Waals surface area contributed by atoms with Crippen molar-refractivity contribution in [3.63, 3.8) is 0 Å². The molecule has 1 N–H and O–H groups in total. The third-order valence-electron chi connectivity index (χ3n) is 2.40. The predicted molar refractivity (Wildman–Crippen MR) is 53.2 cm³/mol. The summed E-state index contributed by atoms with van der Waals surface area (Å²) in [6.07, 6.45) is 7.84. The third-order valence-corrected chi connectivity index (χ3v) is 2.75. The number of ether oxygens (including phenoxy) is 1. The number of nitrogens with one attached hydrogen (secondary N) is 1. The van der Waals surface area contributed by atoms with Crippen molar-refractivity contribution < 1.29 is 4.74 Å². The molecule has 2 heterocycles. The Morgan fingerprint density at radius 2 is 2.54 bits per heavy atom. The van der Waals surface area contributed by atoms with Crippen LogP contribution in [-0.4, -0.2) is 22.3 Å². The minimum absolute atomic E-state index is 0.358. The summed E-state index contributed by atoms with van der Waals surface area (Å²) >= 11 is 5.11. The number of imidazole rings is 1. The number of H-pyrrole nitrogens is 1. The highest BCUT2D eigenvalue weighted by atomic mass is 32.1. The van der Waals surface area contributed by atoms with Crippen molar-refractivity contribution in [1.29, 1.82) is 0 Å². The molecule has 0 bridgehead atoms. The van der Waals surface area contributed by atoms with Crippen LogP contribution in [0.1, 0.15) is 19.3 Å². The maximum absolute atomic E-state index is 5.63. The standard InChI is InChI=1S/C9H14N2OS/c13-9-10-4-5-11(9)7-8-3-1-2-6-12-8/h4-5,8H,1-3,6-7H2,(H,10,13). The summed E-state index contributed by atoms with van der Waals surface area (Å²) in [4.78, 5) is 2.98. The Hall–Kier alpha value is -0.610. The summed E-state index contributed by atoms with van der Waals surface area (Å²) in [6.45, 7) is 1.80. The second-order valence-electron chi connectivity index (χ2n) is 3.41. The summed E-state index contributed by atoms with van der Waals surface area (Å²) in [5.41, 5.74) is 0. The van der Waals surface area contributed by atoms with Crippen LogP contribution in [0.2, 0.25) is 0 Å². The van der Waals surface area contributed by atoms with Gasteiger partial charge in [-0.25, -0.2) is 0 Å². The number of nitrogens with zero attached hydrogens (tertiary/aromatic N) is 1. The van der Waals surface area contributed by atoms with Gasteiger partial charge in [-0.1, -0.05) is 0 Å². The van der Waals surface area contributed by atoms with Crippen molar-refractivity contribution in [2.45, 2.75) is 31.9 Å². The van der Waals surface area contributed by atoms with Crippen LogP contribution < -0.4 is 0 Å². The molecule has 72 valence electrons. The molecule has 1 fully saturated rings. The fraction of sp³-hybridized carbons (Fsp3) is 0.667. The number of aromatic nitrogens is 2. The topological polar surface area (TPSA) is 29.9 Å². The van der Waals surface area contributed by atoms with E-state index in [9.17, 15) is 0 Å². The molecule has 0 radical (unpaired) electrons. The number of hydrogen-bond donors (Lipinski definition) is 1. The third kappa shape index (κ3) is 2.19. The van der Waals surface area contributed by atoms with Gasteiger partial charge in [0.15, 0.2) is 4.77 Å². The van der Waals surface area contributed by atoms with E-state index in [1.165, 1.54) is 12.8 Å². The van der Waals surface area contributed by atoms with E-state index in [1.54, 1.807) is 0 Å². The molecule has 0 aromatic carbocycles. The van der Waals surface area contributed by atoms with Gasteiger partial charge in [-0.3, -0.25) is 0 Å². The van der Waals surface area contributed by atoms with Crippen LogP contribution >= 0.6 is 12.2 Å². The Morgan fingerprint density at radius 1 is 1.62 bits per heavy atom. The Labute approximate surface area is 82.7 Å². The highest BCUT2D eigenvalue weighted by Crippen LogP contribution is 2.14. The van der Waals surface area contributed by atoms with E-state index in [0.29, 0.717) is 6.10 Å². The predicted octanol–water partition coefficient (Wildman–Crippen LogP) is 2.11. The van der Waals surface area contributed by atoms with Crippen molar-refractivity contribution >= 4 is 12.2 Å². The first-order valence-electron chi connectivity index (χ1n) is 4.72. The molecule has 0 spiro atoms. The molecule has 3 nitrogen and oxygen atoms in total. The minimum atomic E-state index is 0.358. The van der Waals surface area contributed by atoms with E-state index in [2.05, 4.69) is 4.98 Å². The molecular weight excluding hydrogens is 184 g/mol. The van der Waals surface area contributed by atoms with Gasteiger partial charge in [0.1, 0.15) is 0 Å². The molecular formula is C9H14N2OS. The summed E-state index contributed by atoms with van der Waals surface area (Å²) < 4.78 is 8.44. The van der Waals surface area contributed by atoms with Crippen LogP contribution in [-0.2, 0) is 11.3 Å². The van der Waals surface area contributed by atoms with E-state index < -0.39 is 0 Å². The van der Waals surface area contributed by atoms with Crippen LogP contribution in [0.5, 0.6) is 0 Å². The van der Waals surface area contributed by atoms with Crippen LogP contribution in [0.4, 0.5) is 0 Å². The van der Waals surface area contributed by atoms with Crippen LogP contribution in [0.25, 0.3) is 0 Å². The van der Waals surface area contributed by atoms with E-state index in [1.807, 2.05) is 17.0 Å². The van der Waals surface area contributed by atoms with Crippen molar-refractivity contribution in [2.75, 3.05) is 6.61 Å². The first-order valence-corrected chi connectivity index (χ1v) is 5.12. The molecule has 1 aliphatic rings. The van der Waals surface area contributed by atoms with Crippen molar-refractivity contribution in [3.05, 3.63) is 17.2 Å². The molecule has 2 rings (SSSR count). The summed E-state index contributed by atoms with van der Waals surface area (Å²) in [5.74, 6) is 0. The molecule has 0 aliphatic carbocycles. The lowest BCUT2D eigenvalue weighted by atomic mass is 10.1. The van der Waals surface area contributed by atoms with Crippen molar-refractivity contribution in [2.24, 2.45) is 0 Å². The highest BCUT2D eigenvalue weighted by Gasteiger charge is 2.13. The molecule has 1 aromatic rings. The molecule has 13 heavy (non-hydrogen) atoms. The Morgan fingerprint density at radius 3 is 3.15 bits per heavy atom. The van der Waals surface area contributed by atoms with Gasteiger partial charge >= 0.3 is 0 Å². The monoisotopic (exact) mass is 198 g/mol. The second kappa shape index (κ2) is 4.07. The normalized spacial score (nSPS) is 23.2. The average molecular weight is 198 g/mol. The first-order chi connectivity index (χ1) is 6.36. The molecule has 1 atom stereocenters. The van der Waals surface area contributed by atoms with Gasteiger partial charge in [-0.15, -0.1) is 0 Å². The lowest BCUT2D eigenvalue weighted by Crippen LogP contribution is -2.24.